The average molecular weight is 391 g/mol. The molecule has 3 fully saturated rings. The fraction of sp³-hybridized carbons (Fsp3) is 0.667. The number of carbonyl (C=O) groups is 1. The zero-order chi connectivity index (χ0) is 19.3. The molecule has 3 aliphatic rings. The SMILES string of the molecule is CC1(C)[C@H]2CC[C@@]1(CS(=O)(=O)Nc1ccc(N3CCCCC3)cc1)C(=O)C2. The molecule has 2 aliphatic carbocycles. The number of piperidine rings is 1. The van der Waals surface area contributed by atoms with Gasteiger partial charge in [0.05, 0.1) is 11.2 Å². The van der Waals surface area contributed by atoms with Gasteiger partial charge in [-0.3, -0.25) is 9.52 Å². The average Bonchev–Trinajstić information content (AvgIpc) is 2.96. The van der Waals surface area contributed by atoms with Gasteiger partial charge in [0.25, 0.3) is 0 Å². The van der Waals surface area contributed by atoms with E-state index in [9.17, 15) is 13.2 Å². The summed E-state index contributed by atoms with van der Waals surface area (Å²) in [6.45, 7) is 6.26. The van der Waals surface area contributed by atoms with Crippen molar-refractivity contribution in [3.05, 3.63) is 24.3 Å². The van der Waals surface area contributed by atoms with Crippen LogP contribution in [0.3, 0.4) is 0 Å². The molecule has 1 saturated heterocycles. The number of Topliss-reactive ketones (excluding diaryl/α,β-unsaturated/α-hetero) is 1. The van der Waals surface area contributed by atoms with E-state index in [1.165, 1.54) is 19.3 Å². The number of nitrogens with one attached hydrogen (secondary N) is 1. The molecule has 27 heavy (non-hydrogen) atoms. The molecule has 0 amide bonds. The predicted octanol–water partition coefficient (Wildman–Crippen LogP) is 3.81. The van der Waals surface area contributed by atoms with Gasteiger partial charge >= 0.3 is 0 Å². The normalized spacial score (nSPS) is 29.9. The molecule has 1 aliphatic heterocycles. The molecule has 1 heterocycles. The Hall–Kier alpha value is -1.56. The van der Waals surface area contributed by atoms with Gasteiger partial charge in [0, 0.05) is 30.9 Å². The summed E-state index contributed by atoms with van der Waals surface area (Å²) in [5, 5.41) is 0. The zero-order valence-electron chi connectivity index (χ0n) is 16.3. The third-order valence-corrected chi connectivity index (χ3v) is 8.86. The van der Waals surface area contributed by atoms with Crippen LogP contribution in [0, 0.1) is 16.7 Å². The van der Waals surface area contributed by atoms with E-state index in [2.05, 4.69) is 23.5 Å². The number of hydrogen-bond acceptors (Lipinski definition) is 4. The molecule has 0 radical (unpaired) electrons. The van der Waals surface area contributed by atoms with Crippen molar-refractivity contribution >= 4 is 27.2 Å². The molecule has 2 bridgehead atoms. The van der Waals surface area contributed by atoms with Gasteiger partial charge in [-0.1, -0.05) is 13.8 Å². The molecular formula is C21H30N2O3S. The van der Waals surface area contributed by atoms with E-state index in [0.717, 1.165) is 25.2 Å². The van der Waals surface area contributed by atoms with Crippen LogP contribution in [0.15, 0.2) is 24.3 Å². The van der Waals surface area contributed by atoms with Gasteiger partial charge in [0.2, 0.25) is 10.0 Å². The fourth-order valence-electron chi connectivity index (χ4n) is 5.54. The minimum absolute atomic E-state index is 0.101. The molecule has 2 saturated carbocycles. The second-order valence-electron chi connectivity index (χ2n) is 9.12. The van der Waals surface area contributed by atoms with Crippen molar-refractivity contribution in [1.82, 2.24) is 0 Å². The van der Waals surface area contributed by atoms with Gasteiger partial charge in [-0.15, -0.1) is 0 Å². The topological polar surface area (TPSA) is 66.5 Å². The van der Waals surface area contributed by atoms with Crippen molar-refractivity contribution < 1.29 is 13.2 Å². The number of anilines is 2. The first-order valence-corrected chi connectivity index (χ1v) is 11.8. The van der Waals surface area contributed by atoms with E-state index in [4.69, 9.17) is 0 Å². The van der Waals surface area contributed by atoms with Crippen LogP contribution < -0.4 is 9.62 Å². The van der Waals surface area contributed by atoms with Gasteiger partial charge in [0.1, 0.15) is 5.78 Å². The molecule has 2 atom stereocenters. The standard InChI is InChI=1S/C21H30N2O3S/c1-20(2)16-10-11-21(20,19(24)14-16)15-27(25,26)22-17-6-8-18(9-7-17)23-12-4-3-5-13-23/h6-9,16,22H,3-5,10-15H2,1-2H3/t16-,21+/m0/s1. The van der Waals surface area contributed by atoms with Crippen LogP contribution in [0.5, 0.6) is 0 Å². The van der Waals surface area contributed by atoms with Crippen molar-refractivity contribution in [2.24, 2.45) is 16.7 Å². The molecule has 148 valence electrons. The lowest BCUT2D eigenvalue weighted by molar-refractivity contribution is -0.128. The van der Waals surface area contributed by atoms with Gasteiger partial charge in [0.15, 0.2) is 0 Å². The van der Waals surface area contributed by atoms with Gasteiger partial charge in [-0.05, 0) is 67.7 Å². The van der Waals surface area contributed by atoms with Crippen molar-refractivity contribution in [3.8, 4) is 0 Å². The van der Waals surface area contributed by atoms with Gasteiger partial charge in [-0.25, -0.2) is 8.42 Å². The molecule has 5 nitrogen and oxygen atoms in total. The number of hydrogen-bond donors (Lipinski definition) is 1. The van der Waals surface area contributed by atoms with Crippen LogP contribution in [0.4, 0.5) is 11.4 Å². The first-order valence-electron chi connectivity index (χ1n) is 10.1. The third-order valence-electron chi connectivity index (χ3n) is 7.44. The summed E-state index contributed by atoms with van der Waals surface area (Å²) >= 11 is 0. The Bertz CT molecular complexity index is 825. The van der Waals surface area contributed by atoms with Crippen LogP contribution in [0.25, 0.3) is 0 Å². The maximum Gasteiger partial charge on any atom is 0.233 e. The number of fused-ring (bicyclic) bond motifs is 2. The first kappa shape index (κ1) is 18.8. The lowest BCUT2D eigenvalue weighted by Gasteiger charge is -2.36. The number of carbonyl (C=O) groups excluding carboxylic acids is 1. The number of benzene rings is 1. The van der Waals surface area contributed by atoms with Crippen LogP contribution in [-0.2, 0) is 14.8 Å². The minimum atomic E-state index is -3.59. The highest BCUT2D eigenvalue weighted by Crippen LogP contribution is 2.64. The summed E-state index contributed by atoms with van der Waals surface area (Å²) in [5.74, 6) is 0.356. The summed E-state index contributed by atoms with van der Waals surface area (Å²) in [6, 6.07) is 7.63. The maximum absolute atomic E-state index is 12.9. The molecule has 1 N–H and O–H groups in total. The highest BCUT2D eigenvalue weighted by Gasteiger charge is 2.65. The number of ketones is 1. The largest absolute Gasteiger partial charge is 0.372 e. The zero-order valence-corrected chi connectivity index (χ0v) is 17.1. The fourth-order valence-corrected chi connectivity index (χ4v) is 7.43. The van der Waals surface area contributed by atoms with E-state index >= 15 is 0 Å². The summed E-state index contributed by atoms with van der Waals surface area (Å²) in [5.41, 5.74) is 0.751. The van der Waals surface area contributed by atoms with E-state index in [1.54, 1.807) is 0 Å². The lowest BCUT2D eigenvalue weighted by atomic mass is 9.70. The van der Waals surface area contributed by atoms with Crippen LogP contribution in [-0.4, -0.2) is 33.0 Å². The smallest absolute Gasteiger partial charge is 0.233 e. The van der Waals surface area contributed by atoms with Crippen LogP contribution in [0.1, 0.15) is 52.4 Å². The van der Waals surface area contributed by atoms with Crippen molar-refractivity contribution in [2.45, 2.75) is 52.4 Å². The summed E-state index contributed by atoms with van der Waals surface area (Å²) in [6.07, 6.45) is 5.89. The number of nitrogens with zero attached hydrogens (tertiary/aromatic N) is 1. The van der Waals surface area contributed by atoms with Crippen molar-refractivity contribution in [3.63, 3.8) is 0 Å². The second kappa shape index (κ2) is 6.50. The predicted molar refractivity (Wildman–Crippen MR) is 108 cm³/mol. The summed E-state index contributed by atoms with van der Waals surface area (Å²) in [7, 11) is -3.59. The molecule has 4 rings (SSSR count). The number of rotatable bonds is 5. The van der Waals surface area contributed by atoms with Crippen molar-refractivity contribution in [1.29, 1.82) is 0 Å². The highest BCUT2D eigenvalue weighted by molar-refractivity contribution is 7.92. The Morgan fingerprint density at radius 2 is 1.78 bits per heavy atom. The Morgan fingerprint density at radius 3 is 2.33 bits per heavy atom. The molecular weight excluding hydrogens is 360 g/mol. The Kier molecular flexibility index (Phi) is 4.53. The lowest BCUT2D eigenvalue weighted by Crippen LogP contribution is -2.43. The van der Waals surface area contributed by atoms with Gasteiger partial charge < -0.3 is 4.90 Å². The molecule has 1 aromatic rings. The number of sulfonamides is 1. The monoisotopic (exact) mass is 390 g/mol. The third kappa shape index (κ3) is 3.16. The van der Waals surface area contributed by atoms with E-state index in [0.29, 0.717) is 24.4 Å². The molecule has 1 aromatic carbocycles. The van der Waals surface area contributed by atoms with E-state index in [-0.39, 0.29) is 17.0 Å². The minimum Gasteiger partial charge on any atom is -0.372 e. The van der Waals surface area contributed by atoms with Crippen LogP contribution >= 0.6 is 0 Å². The highest BCUT2D eigenvalue weighted by atomic mass is 32.2. The van der Waals surface area contributed by atoms with E-state index in [1.807, 2.05) is 24.3 Å². The Balaban J connectivity index is 1.48. The first-order chi connectivity index (χ1) is 12.7. The van der Waals surface area contributed by atoms with Crippen LogP contribution in [0.2, 0.25) is 0 Å². The Labute approximate surface area is 162 Å². The van der Waals surface area contributed by atoms with Crippen molar-refractivity contribution in [2.75, 3.05) is 28.5 Å². The van der Waals surface area contributed by atoms with Gasteiger partial charge in [-0.2, -0.15) is 0 Å². The molecule has 0 spiro atoms. The second-order valence-corrected chi connectivity index (χ2v) is 10.8. The summed E-state index contributed by atoms with van der Waals surface area (Å²) < 4.78 is 28.5. The van der Waals surface area contributed by atoms with E-state index < -0.39 is 15.4 Å². The molecule has 0 unspecified atom stereocenters. The quantitative estimate of drug-likeness (QED) is 0.830. The molecule has 6 heteroatoms. The summed E-state index contributed by atoms with van der Waals surface area (Å²) in [4.78, 5) is 15.0. The Morgan fingerprint density at radius 1 is 1.11 bits per heavy atom. The maximum atomic E-state index is 12.9. The molecule has 0 aromatic heterocycles.